The molecule has 0 saturated heterocycles. The third-order valence-electron chi connectivity index (χ3n) is 4.66. The van der Waals surface area contributed by atoms with Gasteiger partial charge in [-0.3, -0.25) is 0 Å². The average Bonchev–Trinajstić information content (AvgIpc) is 2.81. The summed E-state index contributed by atoms with van der Waals surface area (Å²) in [7, 11) is 1.99. The summed E-state index contributed by atoms with van der Waals surface area (Å²) in [5.74, 6) is 0. The first kappa shape index (κ1) is 14.9. The molecule has 0 N–H and O–H groups in total. The Morgan fingerprint density at radius 2 is 1.74 bits per heavy atom. The van der Waals surface area contributed by atoms with E-state index in [1.165, 1.54) is 11.1 Å². The van der Waals surface area contributed by atoms with Crippen LogP contribution in [0.5, 0.6) is 0 Å². The first-order chi connectivity index (χ1) is 11.0. The third-order valence-corrected chi connectivity index (χ3v) is 4.66. The maximum Gasteiger partial charge on any atom is 0.103 e. The lowest BCUT2D eigenvalue weighted by Gasteiger charge is -2.28. The minimum Gasteiger partial charge on any atom is -0.352 e. The predicted octanol–water partition coefficient (Wildman–Crippen LogP) is 3.98. The molecule has 23 heavy (non-hydrogen) atoms. The quantitative estimate of drug-likeness (QED) is 0.799. The minimum atomic E-state index is 0.0770. The maximum atomic E-state index is 9.55. The van der Waals surface area contributed by atoms with Gasteiger partial charge in [0.15, 0.2) is 0 Å². The van der Waals surface area contributed by atoms with Gasteiger partial charge in [0.2, 0.25) is 0 Å². The second kappa shape index (κ2) is 5.34. The summed E-state index contributed by atoms with van der Waals surface area (Å²) < 4.78 is 0. The number of benzene rings is 2. The Morgan fingerprint density at radius 3 is 2.35 bits per heavy atom. The van der Waals surface area contributed by atoms with Crippen molar-refractivity contribution in [3.05, 3.63) is 52.6 Å². The van der Waals surface area contributed by atoms with Gasteiger partial charge in [-0.25, -0.2) is 0 Å². The van der Waals surface area contributed by atoms with Crippen LogP contribution in [0.1, 0.15) is 29.2 Å². The molecule has 0 aromatic heterocycles. The van der Waals surface area contributed by atoms with Crippen molar-refractivity contribution in [2.24, 2.45) is 0 Å². The molecule has 3 rings (SSSR count). The fraction of sp³-hybridized carbons (Fsp3) is 0.263. The lowest BCUT2D eigenvalue weighted by Crippen LogP contribution is -2.35. The van der Waals surface area contributed by atoms with E-state index in [0.29, 0.717) is 11.1 Å². The molecule has 0 saturated carbocycles. The van der Waals surface area contributed by atoms with Crippen molar-refractivity contribution in [2.75, 3.05) is 16.8 Å². The standard InChI is InChI=1S/C19H18N4/c1-12-5-6-17(7-13(12)2)23-14(3)22(4)18-9-15(10-20)8-16(11-21)19(18)23/h5-9,14H,1-4H3/t14-/m0/s1. The number of hydrogen-bond donors (Lipinski definition) is 0. The molecule has 0 fully saturated rings. The van der Waals surface area contributed by atoms with Gasteiger partial charge in [0, 0.05) is 12.7 Å². The van der Waals surface area contributed by atoms with E-state index in [9.17, 15) is 10.5 Å². The summed E-state index contributed by atoms with van der Waals surface area (Å²) in [5, 5.41) is 18.8. The van der Waals surface area contributed by atoms with Gasteiger partial charge >= 0.3 is 0 Å². The first-order valence-electron chi connectivity index (χ1n) is 7.55. The third kappa shape index (κ3) is 2.20. The molecule has 0 amide bonds. The Balaban J connectivity index is 2.25. The van der Waals surface area contributed by atoms with E-state index in [4.69, 9.17) is 0 Å². The predicted molar refractivity (Wildman–Crippen MR) is 91.8 cm³/mol. The van der Waals surface area contributed by atoms with Crippen molar-refractivity contribution in [2.45, 2.75) is 26.9 Å². The molecule has 114 valence electrons. The highest BCUT2D eigenvalue weighted by Crippen LogP contribution is 2.46. The number of aryl methyl sites for hydroxylation is 2. The Kier molecular flexibility index (Phi) is 3.47. The van der Waals surface area contributed by atoms with Gasteiger partial charge in [-0.15, -0.1) is 0 Å². The van der Waals surface area contributed by atoms with Crippen molar-refractivity contribution < 1.29 is 0 Å². The molecular weight excluding hydrogens is 284 g/mol. The molecule has 1 aliphatic rings. The van der Waals surface area contributed by atoms with Crippen LogP contribution in [-0.4, -0.2) is 13.2 Å². The van der Waals surface area contributed by atoms with Crippen LogP contribution in [-0.2, 0) is 0 Å². The SMILES string of the molecule is Cc1ccc(N2c3c(C#N)cc(C#N)cc3N(C)[C@@H]2C)cc1C. The van der Waals surface area contributed by atoms with Crippen LogP contribution >= 0.6 is 0 Å². The highest BCUT2D eigenvalue weighted by atomic mass is 15.4. The molecule has 4 heteroatoms. The summed E-state index contributed by atoms with van der Waals surface area (Å²) in [6.07, 6.45) is 0.0770. The van der Waals surface area contributed by atoms with Crippen LogP contribution < -0.4 is 9.80 Å². The fourth-order valence-electron chi connectivity index (χ4n) is 3.07. The number of anilines is 3. The van der Waals surface area contributed by atoms with Crippen molar-refractivity contribution >= 4 is 17.1 Å². The van der Waals surface area contributed by atoms with Crippen LogP contribution in [0.15, 0.2) is 30.3 Å². The Bertz CT molecular complexity index is 870. The second-order valence-corrected chi connectivity index (χ2v) is 6.00. The van der Waals surface area contributed by atoms with E-state index in [1.54, 1.807) is 6.07 Å². The smallest absolute Gasteiger partial charge is 0.103 e. The monoisotopic (exact) mass is 302 g/mol. The number of hydrogen-bond acceptors (Lipinski definition) is 4. The molecular formula is C19H18N4. The van der Waals surface area contributed by atoms with E-state index < -0.39 is 0 Å². The highest BCUT2D eigenvalue weighted by molar-refractivity contribution is 5.88. The van der Waals surface area contributed by atoms with E-state index in [0.717, 1.165) is 17.1 Å². The normalized spacial score (nSPS) is 16.0. The molecule has 0 bridgehead atoms. The molecule has 2 aromatic rings. The number of nitrogens with zero attached hydrogens (tertiary/aromatic N) is 4. The Hall–Kier alpha value is -2.98. The largest absolute Gasteiger partial charge is 0.352 e. The van der Waals surface area contributed by atoms with Gasteiger partial charge in [-0.1, -0.05) is 6.07 Å². The molecule has 0 radical (unpaired) electrons. The van der Waals surface area contributed by atoms with Gasteiger partial charge < -0.3 is 9.80 Å². The zero-order valence-electron chi connectivity index (χ0n) is 13.8. The van der Waals surface area contributed by atoms with Crippen molar-refractivity contribution in [1.29, 1.82) is 10.5 Å². The summed E-state index contributed by atoms with van der Waals surface area (Å²) in [6.45, 7) is 6.28. The average molecular weight is 302 g/mol. The lowest BCUT2D eigenvalue weighted by molar-refractivity contribution is 0.733. The van der Waals surface area contributed by atoms with Gasteiger partial charge in [-0.05, 0) is 56.2 Å². The molecule has 4 nitrogen and oxygen atoms in total. The van der Waals surface area contributed by atoms with Crippen molar-refractivity contribution in [3.8, 4) is 12.1 Å². The molecule has 0 unspecified atom stereocenters. The van der Waals surface area contributed by atoms with Gasteiger partial charge in [-0.2, -0.15) is 10.5 Å². The fourth-order valence-corrected chi connectivity index (χ4v) is 3.07. The minimum absolute atomic E-state index is 0.0770. The van der Waals surface area contributed by atoms with Crippen LogP contribution in [0.3, 0.4) is 0 Å². The Labute approximate surface area is 136 Å². The van der Waals surface area contributed by atoms with Crippen molar-refractivity contribution in [1.82, 2.24) is 0 Å². The van der Waals surface area contributed by atoms with E-state index in [-0.39, 0.29) is 6.17 Å². The second-order valence-electron chi connectivity index (χ2n) is 6.00. The summed E-state index contributed by atoms with van der Waals surface area (Å²) in [5.41, 5.74) is 6.38. The number of rotatable bonds is 1. The Morgan fingerprint density at radius 1 is 1.00 bits per heavy atom. The van der Waals surface area contributed by atoms with Gasteiger partial charge in [0.1, 0.15) is 12.2 Å². The van der Waals surface area contributed by atoms with E-state index in [1.807, 2.05) is 13.1 Å². The van der Waals surface area contributed by atoms with Crippen molar-refractivity contribution in [3.63, 3.8) is 0 Å². The summed E-state index contributed by atoms with van der Waals surface area (Å²) in [4.78, 5) is 4.27. The maximum absolute atomic E-state index is 9.55. The highest BCUT2D eigenvalue weighted by Gasteiger charge is 2.34. The topological polar surface area (TPSA) is 54.1 Å². The molecule has 1 heterocycles. The molecule has 0 aliphatic carbocycles. The zero-order valence-corrected chi connectivity index (χ0v) is 13.8. The molecule has 2 aromatic carbocycles. The van der Waals surface area contributed by atoms with Crippen LogP contribution in [0, 0.1) is 36.5 Å². The lowest BCUT2D eigenvalue weighted by atomic mass is 10.1. The molecule has 0 spiro atoms. The summed E-state index contributed by atoms with van der Waals surface area (Å²) >= 11 is 0. The molecule has 1 aliphatic heterocycles. The van der Waals surface area contributed by atoms with Crippen LogP contribution in [0.2, 0.25) is 0 Å². The summed E-state index contributed by atoms with van der Waals surface area (Å²) in [6, 6.07) is 14.2. The number of fused-ring (bicyclic) bond motifs is 1. The van der Waals surface area contributed by atoms with Gasteiger partial charge in [0.25, 0.3) is 0 Å². The molecule has 1 atom stereocenters. The zero-order chi connectivity index (χ0) is 16.7. The van der Waals surface area contributed by atoms with Crippen LogP contribution in [0.25, 0.3) is 0 Å². The van der Waals surface area contributed by atoms with E-state index in [2.05, 4.69) is 60.9 Å². The first-order valence-corrected chi connectivity index (χ1v) is 7.55. The van der Waals surface area contributed by atoms with E-state index >= 15 is 0 Å². The van der Waals surface area contributed by atoms with Gasteiger partial charge in [0.05, 0.1) is 28.6 Å². The van der Waals surface area contributed by atoms with Crippen LogP contribution in [0.4, 0.5) is 17.1 Å². The number of nitriles is 2.